The van der Waals surface area contributed by atoms with Gasteiger partial charge in [-0.25, -0.2) is 0 Å². The lowest BCUT2D eigenvalue weighted by atomic mass is 10.1. The van der Waals surface area contributed by atoms with Crippen LogP contribution in [0.4, 0.5) is 0 Å². The summed E-state index contributed by atoms with van der Waals surface area (Å²) in [6, 6.07) is 7.10. The van der Waals surface area contributed by atoms with Crippen molar-refractivity contribution in [2.24, 2.45) is 0 Å². The summed E-state index contributed by atoms with van der Waals surface area (Å²) >= 11 is 0. The van der Waals surface area contributed by atoms with Crippen molar-refractivity contribution in [1.29, 1.82) is 0 Å². The summed E-state index contributed by atoms with van der Waals surface area (Å²) in [6.07, 6.45) is -0.556. The van der Waals surface area contributed by atoms with Crippen molar-refractivity contribution < 1.29 is 14.6 Å². The first-order chi connectivity index (χ1) is 9.08. The van der Waals surface area contributed by atoms with Gasteiger partial charge in [0, 0.05) is 6.54 Å². The van der Waals surface area contributed by atoms with Crippen molar-refractivity contribution in [2.75, 3.05) is 26.2 Å². The molecule has 1 aromatic carbocycles. The second-order valence-electron chi connectivity index (χ2n) is 4.50. The molecule has 1 rings (SSSR count). The lowest BCUT2D eigenvalue weighted by Gasteiger charge is -2.22. The fraction of sp³-hybridized carbons (Fsp3) is 0.533. The van der Waals surface area contributed by atoms with Gasteiger partial charge in [0.2, 0.25) is 0 Å². The van der Waals surface area contributed by atoms with Gasteiger partial charge in [-0.1, -0.05) is 26.0 Å². The van der Waals surface area contributed by atoms with Crippen LogP contribution >= 0.6 is 0 Å². The van der Waals surface area contributed by atoms with Crippen LogP contribution in [-0.2, 0) is 0 Å². The lowest BCUT2D eigenvalue weighted by Crippen LogP contribution is -2.35. The van der Waals surface area contributed by atoms with Crippen molar-refractivity contribution in [3.8, 4) is 5.75 Å². The number of rotatable bonds is 8. The van der Waals surface area contributed by atoms with Crippen molar-refractivity contribution in [1.82, 2.24) is 4.90 Å². The summed E-state index contributed by atoms with van der Waals surface area (Å²) < 4.78 is 5.55. The molecule has 1 unspecified atom stereocenters. The Kier molecular flexibility index (Phi) is 6.53. The minimum Gasteiger partial charge on any atom is -0.490 e. The van der Waals surface area contributed by atoms with Gasteiger partial charge in [-0.05, 0) is 32.1 Å². The fourth-order valence-corrected chi connectivity index (χ4v) is 1.90. The summed E-state index contributed by atoms with van der Waals surface area (Å²) in [7, 11) is 0. The molecule has 4 nitrogen and oxygen atoms in total. The highest BCUT2D eigenvalue weighted by molar-refractivity contribution is 5.96. The molecule has 1 aromatic rings. The molecule has 0 heterocycles. The van der Waals surface area contributed by atoms with E-state index in [2.05, 4.69) is 18.7 Å². The average molecular weight is 265 g/mol. The summed E-state index contributed by atoms with van der Waals surface area (Å²) in [5.41, 5.74) is 0.553. The number of Topliss-reactive ketones (excluding diaryl/α,β-unsaturated/α-hetero) is 1. The maximum atomic E-state index is 11.4. The quantitative estimate of drug-likeness (QED) is 0.730. The van der Waals surface area contributed by atoms with E-state index in [0.29, 0.717) is 17.9 Å². The molecule has 0 radical (unpaired) electrons. The van der Waals surface area contributed by atoms with Gasteiger partial charge in [0.05, 0.1) is 5.56 Å². The molecule has 19 heavy (non-hydrogen) atoms. The Morgan fingerprint density at radius 1 is 1.32 bits per heavy atom. The number of hydrogen-bond acceptors (Lipinski definition) is 4. The third kappa shape index (κ3) is 5.01. The molecule has 0 spiro atoms. The van der Waals surface area contributed by atoms with Gasteiger partial charge >= 0.3 is 0 Å². The number of benzene rings is 1. The number of carbonyl (C=O) groups is 1. The van der Waals surface area contributed by atoms with E-state index in [1.165, 1.54) is 6.92 Å². The Morgan fingerprint density at radius 2 is 1.95 bits per heavy atom. The zero-order chi connectivity index (χ0) is 14.3. The minimum absolute atomic E-state index is 0.0335. The summed E-state index contributed by atoms with van der Waals surface area (Å²) in [4.78, 5) is 13.6. The highest BCUT2D eigenvalue weighted by atomic mass is 16.5. The van der Waals surface area contributed by atoms with Crippen LogP contribution in [0.15, 0.2) is 24.3 Å². The maximum absolute atomic E-state index is 11.4. The number of carbonyl (C=O) groups excluding carboxylic acids is 1. The summed E-state index contributed by atoms with van der Waals surface area (Å²) in [5.74, 6) is 0.502. The molecular formula is C15H23NO3. The van der Waals surface area contributed by atoms with Crippen molar-refractivity contribution in [3.63, 3.8) is 0 Å². The van der Waals surface area contributed by atoms with Crippen LogP contribution in [0.25, 0.3) is 0 Å². The third-order valence-electron chi connectivity index (χ3n) is 3.06. The summed E-state index contributed by atoms with van der Waals surface area (Å²) in [5, 5.41) is 9.92. The maximum Gasteiger partial charge on any atom is 0.163 e. The molecular weight excluding hydrogens is 242 g/mol. The van der Waals surface area contributed by atoms with E-state index in [4.69, 9.17) is 4.74 Å². The molecule has 0 aliphatic rings. The topological polar surface area (TPSA) is 49.8 Å². The van der Waals surface area contributed by atoms with Gasteiger partial charge in [0.25, 0.3) is 0 Å². The van der Waals surface area contributed by atoms with Crippen LogP contribution in [0, 0.1) is 0 Å². The number of ether oxygens (including phenoxy) is 1. The minimum atomic E-state index is -0.556. The SMILES string of the molecule is CCN(CC)CC(O)COc1ccccc1C(C)=O. The van der Waals surface area contributed by atoms with E-state index in [1.807, 2.05) is 6.07 Å². The van der Waals surface area contributed by atoms with Crippen LogP contribution in [0.3, 0.4) is 0 Å². The first-order valence-corrected chi connectivity index (χ1v) is 6.71. The molecule has 0 aromatic heterocycles. The largest absolute Gasteiger partial charge is 0.490 e. The van der Waals surface area contributed by atoms with Crippen LogP contribution in [-0.4, -0.2) is 48.1 Å². The highest BCUT2D eigenvalue weighted by Crippen LogP contribution is 2.18. The molecule has 1 atom stereocenters. The van der Waals surface area contributed by atoms with Gasteiger partial charge in [-0.15, -0.1) is 0 Å². The molecule has 0 saturated carbocycles. The number of ketones is 1. The van der Waals surface area contributed by atoms with Gasteiger partial charge in [-0.2, -0.15) is 0 Å². The van der Waals surface area contributed by atoms with E-state index in [-0.39, 0.29) is 12.4 Å². The lowest BCUT2D eigenvalue weighted by molar-refractivity contribution is 0.0708. The van der Waals surface area contributed by atoms with E-state index in [9.17, 15) is 9.90 Å². The molecule has 1 N–H and O–H groups in total. The molecule has 106 valence electrons. The normalized spacial score (nSPS) is 12.5. The molecule has 4 heteroatoms. The van der Waals surface area contributed by atoms with Crippen molar-refractivity contribution >= 4 is 5.78 Å². The summed E-state index contributed by atoms with van der Waals surface area (Å²) in [6.45, 7) is 8.20. The third-order valence-corrected chi connectivity index (χ3v) is 3.06. The van der Waals surface area contributed by atoms with Crippen LogP contribution in [0.1, 0.15) is 31.1 Å². The molecule has 0 fully saturated rings. The van der Waals surface area contributed by atoms with E-state index in [0.717, 1.165) is 13.1 Å². The van der Waals surface area contributed by atoms with E-state index in [1.54, 1.807) is 18.2 Å². The standard InChI is InChI=1S/C15H23NO3/c1-4-16(5-2)10-13(18)11-19-15-9-7-6-8-14(15)12(3)17/h6-9,13,18H,4-5,10-11H2,1-3H3. The number of hydrogen-bond donors (Lipinski definition) is 1. The molecule has 0 saturated heterocycles. The molecule has 0 aliphatic heterocycles. The molecule has 0 bridgehead atoms. The smallest absolute Gasteiger partial charge is 0.163 e. The Bertz CT molecular complexity index is 402. The van der Waals surface area contributed by atoms with E-state index >= 15 is 0 Å². The van der Waals surface area contributed by atoms with E-state index < -0.39 is 6.10 Å². The second kappa shape index (κ2) is 7.92. The van der Waals surface area contributed by atoms with Gasteiger partial charge in [-0.3, -0.25) is 4.79 Å². The average Bonchev–Trinajstić information content (AvgIpc) is 2.42. The van der Waals surface area contributed by atoms with Crippen molar-refractivity contribution in [3.05, 3.63) is 29.8 Å². The number of likely N-dealkylation sites (N-methyl/N-ethyl adjacent to an activating group) is 1. The zero-order valence-electron chi connectivity index (χ0n) is 11.9. The monoisotopic (exact) mass is 265 g/mol. The Hall–Kier alpha value is -1.39. The fourth-order valence-electron chi connectivity index (χ4n) is 1.90. The van der Waals surface area contributed by atoms with Gasteiger partial charge in [0.15, 0.2) is 5.78 Å². The number of nitrogens with zero attached hydrogens (tertiary/aromatic N) is 1. The Balaban J connectivity index is 2.55. The zero-order valence-corrected chi connectivity index (χ0v) is 11.9. The van der Waals surface area contributed by atoms with Crippen LogP contribution in [0.5, 0.6) is 5.75 Å². The van der Waals surface area contributed by atoms with Gasteiger partial charge in [0.1, 0.15) is 18.5 Å². The van der Waals surface area contributed by atoms with Crippen molar-refractivity contribution in [2.45, 2.75) is 26.9 Å². The predicted molar refractivity (Wildman–Crippen MR) is 75.7 cm³/mol. The first kappa shape index (κ1) is 15.7. The van der Waals surface area contributed by atoms with Crippen LogP contribution < -0.4 is 4.74 Å². The Labute approximate surface area is 115 Å². The number of aliphatic hydroxyl groups is 1. The molecule has 0 amide bonds. The van der Waals surface area contributed by atoms with Crippen LogP contribution in [0.2, 0.25) is 0 Å². The molecule has 0 aliphatic carbocycles. The number of para-hydroxylation sites is 1. The first-order valence-electron chi connectivity index (χ1n) is 6.71. The highest BCUT2D eigenvalue weighted by Gasteiger charge is 2.12. The predicted octanol–water partition coefficient (Wildman–Crippen LogP) is 1.97. The Morgan fingerprint density at radius 3 is 2.53 bits per heavy atom. The second-order valence-corrected chi connectivity index (χ2v) is 4.50. The van der Waals surface area contributed by atoms with Gasteiger partial charge < -0.3 is 14.7 Å². The number of aliphatic hydroxyl groups excluding tert-OH is 1.